The molecule has 0 unspecified atom stereocenters. The number of carbonyl (C=O) groups excluding carboxylic acids is 1. The molecule has 0 bridgehead atoms. The number of aliphatic imine (C=N–C) groups is 1. The van der Waals surface area contributed by atoms with Crippen molar-refractivity contribution in [2.75, 3.05) is 25.5 Å². The number of rotatable bonds is 3. The van der Waals surface area contributed by atoms with Crippen molar-refractivity contribution in [1.82, 2.24) is 4.90 Å². The lowest BCUT2D eigenvalue weighted by Crippen LogP contribution is -2.38. The Morgan fingerprint density at radius 3 is 3.00 bits per heavy atom. The van der Waals surface area contributed by atoms with E-state index in [0.29, 0.717) is 13.1 Å². The summed E-state index contributed by atoms with van der Waals surface area (Å²) in [6.45, 7) is 0.406. The van der Waals surface area contributed by atoms with Gasteiger partial charge in [0.05, 0.1) is 6.54 Å². The maximum Gasteiger partial charge on any atom is 0.260 e. The molecule has 7 heteroatoms. The molecule has 0 saturated heterocycles. The third-order valence-corrected chi connectivity index (χ3v) is 1.84. The highest BCUT2D eigenvalue weighted by Crippen LogP contribution is 2.03. The Balaban J connectivity index is 2.62. The fraction of sp³-hybridized carbons (Fsp3) is 0.667. The summed E-state index contributed by atoms with van der Waals surface area (Å²) in [4.78, 5) is 25.9. The molecule has 0 aromatic rings. The highest BCUT2D eigenvalue weighted by molar-refractivity contribution is 6.28. The number of amidine groups is 1. The van der Waals surface area contributed by atoms with Crippen LogP contribution in [0, 0.1) is 10.1 Å². The highest BCUT2D eigenvalue weighted by atomic mass is 35.5. The molecule has 0 radical (unpaired) electrons. The number of carbonyl (C=O) groups is 1. The topological polar surface area (TPSA) is 75.8 Å². The van der Waals surface area contributed by atoms with Gasteiger partial charge in [-0.2, -0.15) is 0 Å². The first-order valence-corrected chi connectivity index (χ1v) is 4.20. The van der Waals surface area contributed by atoms with Gasteiger partial charge in [-0.15, -0.1) is 11.6 Å². The van der Waals surface area contributed by atoms with E-state index in [1.807, 2.05) is 0 Å². The van der Waals surface area contributed by atoms with Crippen molar-refractivity contribution in [3.05, 3.63) is 10.1 Å². The second-order valence-corrected chi connectivity index (χ2v) is 2.74. The van der Waals surface area contributed by atoms with Crippen LogP contribution in [-0.2, 0) is 4.79 Å². The van der Waals surface area contributed by atoms with Gasteiger partial charge < -0.3 is 0 Å². The molecule has 1 rings (SSSR count). The number of nitro groups is 1. The normalized spacial score (nSPS) is 15.8. The average molecular weight is 206 g/mol. The minimum Gasteiger partial charge on any atom is -0.292 e. The molecule has 0 spiro atoms. The summed E-state index contributed by atoms with van der Waals surface area (Å²) in [6.07, 6.45) is 0. The van der Waals surface area contributed by atoms with E-state index in [0.717, 1.165) is 0 Å². The maximum absolute atomic E-state index is 11.1. The van der Waals surface area contributed by atoms with Gasteiger partial charge in [-0.1, -0.05) is 0 Å². The van der Waals surface area contributed by atoms with E-state index < -0.39 is 11.5 Å². The van der Waals surface area contributed by atoms with Crippen molar-refractivity contribution in [2.24, 2.45) is 4.99 Å². The van der Waals surface area contributed by atoms with Gasteiger partial charge in [0.25, 0.3) is 6.54 Å². The largest absolute Gasteiger partial charge is 0.292 e. The van der Waals surface area contributed by atoms with Crippen molar-refractivity contribution >= 4 is 23.3 Å². The Morgan fingerprint density at radius 2 is 2.46 bits per heavy atom. The Hall–Kier alpha value is -1.17. The number of amides is 1. The second kappa shape index (κ2) is 4.18. The second-order valence-electron chi connectivity index (χ2n) is 2.47. The molecule has 1 aliphatic rings. The number of hydrogen-bond donors (Lipinski definition) is 0. The number of hydrogen-bond acceptors (Lipinski definition) is 4. The predicted molar refractivity (Wildman–Crippen MR) is 46.6 cm³/mol. The van der Waals surface area contributed by atoms with Crippen molar-refractivity contribution < 1.29 is 9.72 Å². The zero-order chi connectivity index (χ0) is 9.84. The first kappa shape index (κ1) is 9.91. The van der Waals surface area contributed by atoms with Crippen LogP contribution in [0.1, 0.15) is 0 Å². The van der Waals surface area contributed by atoms with Crippen LogP contribution in [0.15, 0.2) is 4.99 Å². The Morgan fingerprint density at radius 1 is 1.77 bits per heavy atom. The smallest absolute Gasteiger partial charge is 0.260 e. The van der Waals surface area contributed by atoms with Crippen molar-refractivity contribution in [2.45, 2.75) is 0 Å². The summed E-state index contributed by atoms with van der Waals surface area (Å²) in [6, 6.07) is 0. The van der Waals surface area contributed by atoms with Crippen LogP contribution in [0.3, 0.4) is 0 Å². The average Bonchev–Trinajstić information content (AvgIpc) is 2.50. The van der Waals surface area contributed by atoms with Gasteiger partial charge >= 0.3 is 0 Å². The SMILES string of the molecule is O=C(CCl)N1CCN=C1C[N+](=O)[O-]. The Labute approximate surface area is 79.3 Å². The number of nitrogens with zero attached hydrogens (tertiary/aromatic N) is 3. The van der Waals surface area contributed by atoms with E-state index in [1.54, 1.807) is 0 Å². The first-order valence-electron chi connectivity index (χ1n) is 3.66. The molecule has 0 fully saturated rings. The molecule has 0 aromatic heterocycles. The lowest BCUT2D eigenvalue weighted by molar-refractivity contribution is -0.464. The molecule has 0 aliphatic carbocycles. The van der Waals surface area contributed by atoms with Gasteiger partial charge in [0.15, 0.2) is 5.84 Å². The molecule has 0 aromatic carbocycles. The Kier molecular flexibility index (Phi) is 3.18. The van der Waals surface area contributed by atoms with Crippen LogP contribution in [0.5, 0.6) is 0 Å². The summed E-state index contributed by atoms with van der Waals surface area (Å²) in [5.41, 5.74) is 0. The Bertz CT molecular complexity index is 266. The molecule has 6 nitrogen and oxygen atoms in total. The van der Waals surface area contributed by atoms with Crippen LogP contribution in [0.2, 0.25) is 0 Å². The molecule has 1 heterocycles. The van der Waals surface area contributed by atoms with Gasteiger partial charge in [-0.25, -0.2) is 0 Å². The molecule has 0 N–H and O–H groups in total. The quantitative estimate of drug-likeness (QED) is 0.362. The van der Waals surface area contributed by atoms with Gasteiger partial charge in [-0.05, 0) is 0 Å². The number of halogens is 1. The molecule has 1 aliphatic heterocycles. The van der Waals surface area contributed by atoms with Crippen LogP contribution in [0.4, 0.5) is 0 Å². The molecule has 13 heavy (non-hydrogen) atoms. The van der Waals surface area contributed by atoms with E-state index in [2.05, 4.69) is 4.99 Å². The molecular formula is C6H8ClN3O3. The van der Waals surface area contributed by atoms with Crippen LogP contribution >= 0.6 is 11.6 Å². The van der Waals surface area contributed by atoms with E-state index in [4.69, 9.17) is 11.6 Å². The summed E-state index contributed by atoms with van der Waals surface area (Å²) >= 11 is 5.32. The molecule has 1 amide bonds. The van der Waals surface area contributed by atoms with Crippen molar-refractivity contribution in [3.63, 3.8) is 0 Å². The van der Waals surface area contributed by atoms with Gasteiger partial charge in [0.1, 0.15) is 5.88 Å². The highest BCUT2D eigenvalue weighted by Gasteiger charge is 2.25. The standard InChI is InChI=1S/C6H8ClN3O3/c7-3-6(11)9-2-1-8-5(9)4-10(12)13/h1-4H2. The summed E-state index contributed by atoms with van der Waals surface area (Å²) < 4.78 is 0. The van der Waals surface area contributed by atoms with Crippen molar-refractivity contribution in [3.8, 4) is 0 Å². The maximum atomic E-state index is 11.1. The predicted octanol–water partition coefficient (Wildman–Crippen LogP) is -0.257. The monoisotopic (exact) mass is 205 g/mol. The summed E-state index contributed by atoms with van der Waals surface area (Å²) in [5.74, 6) is -0.299. The molecule has 0 saturated carbocycles. The summed E-state index contributed by atoms with van der Waals surface area (Å²) in [5, 5.41) is 10.2. The zero-order valence-corrected chi connectivity index (χ0v) is 7.53. The minimum atomic E-state index is -0.515. The lowest BCUT2D eigenvalue weighted by Gasteiger charge is -2.13. The summed E-state index contributed by atoms with van der Waals surface area (Å²) in [7, 11) is 0. The molecule has 0 atom stereocenters. The van der Waals surface area contributed by atoms with Crippen LogP contribution in [-0.4, -0.2) is 47.1 Å². The zero-order valence-electron chi connectivity index (χ0n) is 6.77. The third-order valence-electron chi connectivity index (χ3n) is 1.62. The van der Waals surface area contributed by atoms with E-state index in [9.17, 15) is 14.9 Å². The molecule has 72 valence electrons. The minimum absolute atomic E-state index is 0.170. The first-order chi connectivity index (χ1) is 6.15. The van der Waals surface area contributed by atoms with Crippen LogP contribution in [0.25, 0.3) is 0 Å². The van der Waals surface area contributed by atoms with Gasteiger partial charge in [0, 0.05) is 11.5 Å². The van der Waals surface area contributed by atoms with E-state index in [1.165, 1.54) is 4.90 Å². The van der Waals surface area contributed by atoms with E-state index in [-0.39, 0.29) is 17.6 Å². The van der Waals surface area contributed by atoms with Gasteiger partial charge in [-0.3, -0.25) is 24.8 Å². The van der Waals surface area contributed by atoms with Crippen LogP contribution < -0.4 is 0 Å². The third kappa shape index (κ3) is 2.38. The lowest BCUT2D eigenvalue weighted by atomic mass is 10.4. The van der Waals surface area contributed by atoms with Gasteiger partial charge in [0.2, 0.25) is 5.91 Å². The molecular weight excluding hydrogens is 198 g/mol. The fourth-order valence-corrected chi connectivity index (χ4v) is 1.23. The van der Waals surface area contributed by atoms with E-state index >= 15 is 0 Å². The number of alkyl halides is 1. The van der Waals surface area contributed by atoms with Crippen molar-refractivity contribution in [1.29, 1.82) is 0 Å². The fourth-order valence-electron chi connectivity index (χ4n) is 1.09.